The SMILES string of the molecule is COCCn1cnnc1-c1ncccc1N. The van der Waals surface area contributed by atoms with Crippen molar-refractivity contribution in [2.75, 3.05) is 19.5 Å². The van der Waals surface area contributed by atoms with Crippen molar-refractivity contribution in [3.05, 3.63) is 24.7 Å². The fraction of sp³-hybridized carbons (Fsp3) is 0.300. The third-order valence-corrected chi connectivity index (χ3v) is 2.20. The Balaban J connectivity index is 2.33. The second-order valence-electron chi connectivity index (χ2n) is 3.28. The van der Waals surface area contributed by atoms with Gasteiger partial charge in [-0.05, 0) is 12.1 Å². The average molecular weight is 219 g/mol. The van der Waals surface area contributed by atoms with Crippen LogP contribution in [0, 0.1) is 0 Å². The number of rotatable bonds is 4. The number of hydrogen-bond donors (Lipinski definition) is 1. The number of nitrogens with two attached hydrogens (primary N) is 1. The van der Waals surface area contributed by atoms with E-state index in [2.05, 4.69) is 15.2 Å². The molecule has 0 saturated heterocycles. The molecule has 2 aromatic rings. The Morgan fingerprint density at radius 3 is 3.12 bits per heavy atom. The van der Waals surface area contributed by atoms with Gasteiger partial charge in [-0.25, -0.2) is 0 Å². The minimum Gasteiger partial charge on any atom is -0.397 e. The maximum Gasteiger partial charge on any atom is 0.184 e. The number of anilines is 1. The van der Waals surface area contributed by atoms with Gasteiger partial charge in [-0.3, -0.25) is 4.98 Å². The summed E-state index contributed by atoms with van der Waals surface area (Å²) in [6, 6.07) is 3.58. The molecule has 6 nitrogen and oxygen atoms in total. The van der Waals surface area contributed by atoms with Gasteiger partial charge in [-0.2, -0.15) is 0 Å². The molecular formula is C10H13N5O. The summed E-state index contributed by atoms with van der Waals surface area (Å²) < 4.78 is 6.87. The fourth-order valence-corrected chi connectivity index (χ4v) is 1.40. The monoisotopic (exact) mass is 219 g/mol. The van der Waals surface area contributed by atoms with Crippen molar-refractivity contribution < 1.29 is 4.74 Å². The van der Waals surface area contributed by atoms with Gasteiger partial charge in [0.05, 0.1) is 12.3 Å². The first-order valence-corrected chi connectivity index (χ1v) is 4.90. The van der Waals surface area contributed by atoms with Crippen molar-refractivity contribution in [1.82, 2.24) is 19.7 Å². The van der Waals surface area contributed by atoms with E-state index in [4.69, 9.17) is 10.5 Å². The van der Waals surface area contributed by atoms with E-state index in [9.17, 15) is 0 Å². The van der Waals surface area contributed by atoms with Crippen LogP contribution in [-0.2, 0) is 11.3 Å². The Labute approximate surface area is 93.1 Å². The molecule has 0 radical (unpaired) electrons. The van der Waals surface area contributed by atoms with Gasteiger partial charge in [0, 0.05) is 19.9 Å². The Kier molecular flexibility index (Phi) is 3.11. The van der Waals surface area contributed by atoms with Gasteiger partial charge >= 0.3 is 0 Å². The zero-order valence-corrected chi connectivity index (χ0v) is 9.00. The number of aromatic nitrogens is 4. The molecule has 0 aliphatic heterocycles. The second kappa shape index (κ2) is 4.71. The highest BCUT2D eigenvalue weighted by atomic mass is 16.5. The summed E-state index contributed by atoms with van der Waals surface area (Å²) in [4.78, 5) is 4.20. The Hall–Kier alpha value is -1.95. The smallest absolute Gasteiger partial charge is 0.184 e. The largest absolute Gasteiger partial charge is 0.397 e. The lowest BCUT2D eigenvalue weighted by Crippen LogP contribution is -2.06. The Bertz CT molecular complexity index is 468. The van der Waals surface area contributed by atoms with Crippen molar-refractivity contribution in [3.8, 4) is 11.5 Å². The minimum absolute atomic E-state index is 0.592. The molecule has 16 heavy (non-hydrogen) atoms. The van der Waals surface area contributed by atoms with E-state index in [1.165, 1.54) is 0 Å². The normalized spacial score (nSPS) is 10.6. The van der Waals surface area contributed by atoms with Crippen molar-refractivity contribution in [3.63, 3.8) is 0 Å². The van der Waals surface area contributed by atoms with Crippen molar-refractivity contribution >= 4 is 5.69 Å². The number of hydrogen-bond acceptors (Lipinski definition) is 5. The van der Waals surface area contributed by atoms with E-state index in [0.29, 0.717) is 30.4 Å². The highest BCUT2D eigenvalue weighted by molar-refractivity contribution is 5.66. The molecule has 6 heteroatoms. The van der Waals surface area contributed by atoms with Gasteiger partial charge in [-0.15, -0.1) is 10.2 Å². The molecule has 0 fully saturated rings. The lowest BCUT2D eigenvalue weighted by atomic mass is 10.3. The van der Waals surface area contributed by atoms with Crippen molar-refractivity contribution in [2.45, 2.75) is 6.54 Å². The predicted octanol–water partition coefficient (Wildman–Crippen LogP) is 0.569. The second-order valence-corrected chi connectivity index (χ2v) is 3.28. The molecule has 2 aromatic heterocycles. The maximum atomic E-state index is 5.83. The summed E-state index contributed by atoms with van der Waals surface area (Å²) in [5.41, 5.74) is 7.08. The minimum atomic E-state index is 0.592. The van der Waals surface area contributed by atoms with Crippen LogP contribution in [0.3, 0.4) is 0 Å². The van der Waals surface area contributed by atoms with Gasteiger partial charge in [0.15, 0.2) is 5.82 Å². The molecule has 84 valence electrons. The van der Waals surface area contributed by atoms with Gasteiger partial charge in [0.1, 0.15) is 12.0 Å². The lowest BCUT2D eigenvalue weighted by molar-refractivity contribution is 0.187. The van der Waals surface area contributed by atoms with Crippen molar-refractivity contribution in [2.24, 2.45) is 0 Å². The molecule has 0 bridgehead atoms. The van der Waals surface area contributed by atoms with Crippen LogP contribution < -0.4 is 5.73 Å². The van der Waals surface area contributed by atoms with Crippen LogP contribution in [-0.4, -0.2) is 33.5 Å². The van der Waals surface area contributed by atoms with Crippen LogP contribution in [0.1, 0.15) is 0 Å². The van der Waals surface area contributed by atoms with E-state index in [-0.39, 0.29) is 0 Å². The number of pyridine rings is 1. The molecule has 0 amide bonds. The number of ether oxygens (including phenoxy) is 1. The summed E-state index contributed by atoms with van der Waals surface area (Å²) in [5, 5.41) is 7.87. The van der Waals surface area contributed by atoms with E-state index in [1.54, 1.807) is 31.8 Å². The number of methoxy groups -OCH3 is 1. The van der Waals surface area contributed by atoms with Gasteiger partial charge in [0.25, 0.3) is 0 Å². The zero-order chi connectivity index (χ0) is 11.4. The van der Waals surface area contributed by atoms with Crippen LogP contribution in [0.25, 0.3) is 11.5 Å². The summed E-state index contributed by atoms with van der Waals surface area (Å²) in [6.45, 7) is 1.27. The van der Waals surface area contributed by atoms with Crippen molar-refractivity contribution in [1.29, 1.82) is 0 Å². The number of nitrogen functional groups attached to an aromatic ring is 1. The van der Waals surface area contributed by atoms with E-state index in [1.807, 2.05) is 4.57 Å². The summed E-state index contributed by atoms with van der Waals surface area (Å²) in [6.07, 6.45) is 3.32. The quantitative estimate of drug-likeness (QED) is 0.813. The molecule has 0 unspecified atom stereocenters. The van der Waals surface area contributed by atoms with E-state index < -0.39 is 0 Å². The Morgan fingerprint density at radius 1 is 1.50 bits per heavy atom. The maximum absolute atomic E-state index is 5.83. The van der Waals surface area contributed by atoms with Gasteiger partial charge in [0.2, 0.25) is 0 Å². The fourth-order valence-electron chi connectivity index (χ4n) is 1.40. The first-order valence-electron chi connectivity index (χ1n) is 4.90. The topological polar surface area (TPSA) is 78.8 Å². The molecule has 0 saturated carbocycles. The van der Waals surface area contributed by atoms with Gasteiger partial charge in [-0.1, -0.05) is 0 Å². The summed E-state index contributed by atoms with van der Waals surface area (Å²) in [7, 11) is 1.65. The molecular weight excluding hydrogens is 206 g/mol. The molecule has 0 spiro atoms. The highest BCUT2D eigenvalue weighted by Gasteiger charge is 2.10. The molecule has 0 aliphatic carbocycles. The van der Waals surface area contributed by atoms with Crippen LogP contribution in [0.2, 0.25) is 0 Å². The lowest BCUT2D eigenvalue weighted by Gasteiger charge is -2.06. The van der Waals surface area contributed by atoms with E-state index in [0.717, 1.165) is 0 Å². The average Bonchev–Trinajstić information content (AvgIpc) is 2.75. The molecule has 0 aromatic carbocycles. The third kappa shape index (κ3) is 2.01. The molecule has 2 heterocycles. The molecule has 0 atom stereocenters. The predicted molar refractivity (Wildman–Crippen MR) is 59.5 cm³/mol. The number of nitrogens with zero attached hydrogens (tertiary/aromatic N) is 4. The first kappa shape index (κ1) is 10.6. The molecule has 0 aliphatic rings. The summed E-state index contributed by atoms with van der Waals surface area (Å²) >= 11 is 0. The highest BCUT2D eigenvalue weighted by Crippen LogP contribution is 2.19. The summed E-state index contributed by atoms with van der Waals surface area (Å²) in [5.74, 6) is 0.662. The molecule has 2 rings (SSSR count). The molecule has 2 N–H and O–H groups in total. The first-order chi connectivity index (χ1) is 7.83. The third-order valence-electron chi connectivity index (χ3n) is 2.20. The van der Waals surface area contributed by atoms with E-state index >= 15 is 0 Å². The zero-order valence-electron chi connectivity index (χ0n) is 9.00. The van der Waals surface area contributed by atoms with Crippen LogP contribution in [0.5, 0.6) is 0 Å². The van der Waals surface area contributed by atoms with Crippen LogP contribution in [0.4, 0.5) is 5.69 Å². The standard InChI is InChI=1S/C10H13N5O/c1-16-6-5-15-7-13-14-10(15)9-8(11)3-2-4-12-9/h2-4,7H,5-6,11H2,1H3. The van der Waals surface area contributed by atoms with Gasteiger partial charge < -0.3 is 15.0 Å². The van der Waals surface area contributed by atoms with Crippen LogP contribution >= 0.6 is 0 Å². The van der Waals surface area contributed by atoms with Crippen LogP contribution in [0.15, 0.2) is 24.7 Å². The Morgan fingerprint density at radius 2 is 2.38 bits per heavy atom.